The van der Waals surface area contributed by atoms with Crippen LogP contribution in [0.5, 0.6) is 0 Å². The number of hydrogen-bond acceptors (Lipinski definition) is 3. The van der Waals surface area contributed by atoms with Gasteiger partial charge in [-0.2, -0.15) is 0 Å². The first-order valence-electron chi connectivity index (χ1n) is 11.6. The zero-order valence-electron chi connectivity index (χ0n) is 17.6. The van der Waals surface area contributed by atoms with Crippen LogP contribution in [0.15, 0.2) is 24.3 Å². The second-order valence-corrected chi connectivity index (χ2v) is 10.4. The fraction of sp³-hybridized carbons (Fsp3) is 0.667. The van der Waals surface area contributed by atoms with Crippen molar-refractivity contribution < 1.29 is 9.59 Å². The van der Waals surface area contributed by atoms with Crippen LogP contribution in [0.3, 0.4) is 0 Å². The van der Waals surface area contributed by atoms with E-state index < -0.39 is 0 Å². The van der Waals surface area contributed by atoms with Crippen molar-refractivity contribution in [2.24, 2.45) is 23.2 Å². The normalized spacial score (nSPS) is 32.4. The highest BCUT2D eigenvalue weighted by Crippen LogP contribution is 2.60. The summed E-state index contributed by atoms with van der Waals surface area (Å²) in [7, 11) is 0. The van der Waals surface area contributed by atoms with Gasteiger partial charge in [0.15, 0.2) is 0 Å². The monoisotopic (exact) mass is 429 g/mol. The van der Waals surface area contributed by atoms with Gasteiger partial charge in [0, 0.05) is 44.6 Å². The van der Waals surface area contributed by atoms with Gasteiger partial charge < -0.3 is 15.1 Å². The quantitative estimate of drug-likeness (QED) is 0.776. The van der Waals surface area contributed by atoms with E-state index in [0.717, 1.165) is 60.8 Å². The molecule has 6 rings (SSSR count). The van der Waals surface area contributed by atoms with Gasteiger partial charge in [0.2, 0.25) is 11.8 Å². The summed E-state index contributed by atoms with van der Waals surface area (Å²) >= 11 is 6.30. The lowest BCUT2D eigenvalue weighted by atomic mass is 9.49. The average Bonchev–Trinajstić information content (AvgIpc) is 2.73. The standard InChI is InChI=1S/C24H32ClN3O2/c25-20-3-1-2-4-21(20)27-7-9-28(10-8-27)22(29)5-6-26-23(30)24-14-17-11-18(15-24)13-19(12-17)16-24/h1-4,17-19H,5-16H2,(H,26,30). The minimum atomic E-state index is -0.127. The van der Waals surface area contributed by atoms with Crippen LogP contribution in [0.4, 0.5) is 5.69 Å². The number of nitrogens with one attached hydrogen (secondary N) is 1. The first-order chi connectivity index (χ1) is 14.5. The Morgan fingerprint density at radius 1 is 0.967 bits per heavy atom. The van der Waals surface area contributed by atoms with E-state index in [0.29, 0.717) is 26.1 Å². The van der Waals surface area contributed by atoms with Gasteiger partial charge in [-0.1, -0.05) is 23.7 Å². The highest BCUT2D eigenvalue weighted by molar-refractivity contribution is 6.33. The van der Waals surface area contributed by atoms with Gasteiger partial charge in [-0.05, 0) is 68.4 Å². The Morgan fingerprint density at radius 2 is 1.57 bits per heavy atom. The number of nitrogens with zero attached hydrogens (tertiary/aromatic N) is 2. The number of amides is 2. The van der Waals surface area contributed by atoms with Crippen molar-refractivity contribution in [2.75, 3.05) is 37.6 Å². The third-order valence-electron chi connectivity index (χ3n) is 7.97. The summed E-state index contributed by atoms with van der Waals surface area (Å²) in [6.45, 7) is 3.44. The number of halogens is 1. The molecule has 1 N–H and O–H groups in total. The Hall–Kier alpha value is -1.75. The molecule has 1 aromatic carbocycles. The second kappa shape index (κ2) is 8.07. The molecule has 0 aromatic heterocycles. The predicted molar refractivity (Wildman–Crippen MR) is 118 cm³/mol. The van der Waals surface area contributed by atoms with Crippen LogP contribution in [-0.2, 0) is 9.59 Å². The summed E-state index contributed by atoms with van der Waals surface area (Å²) in [5, 5.41) is 3.89. The molecule has 4 aliphatic carbocycles. The predicted octanol–water partition coefficient (Wildman–Crippen LogP) is 3.71. The lowest BCUT2D eigenvalue weighted by molar-refractivity contribution is -0.146. The maximum Gasteiger partial charge on any atom is 0.226 e. The van der Waals surface area contributed by atoms with E-state index in [1.807, 2.05) is 29.2 Å². The lowest BCUT2D eigenvalue weighted by Crippen LogP contribution is -2.54. The van der Waals surface area contributed by atoms with Crippen LogP contribution < -0.4 is 10.2 Å². The third kappa shape index (κ3) is 3.81. The number of rotatable bonds is 5. The number of piperazine rings is 1. The van der Waals surface area contributed by atoms with Crippen LogP contribution in [0, 0.1) is 23.2 Å². The van der Waals surface area contributed by atoms with Crippen molar-refractivity contribution in [1.29, 1.82) is 0 Å². The summed E-state index contributed by atoms with van der Waals surface area (Å²) in [5.41, 5.74) is 0.910. The molecule has 1 heterocycles. The molecule has 0 unspecified atom stereocenters. The number of anilines is 1. The summed E-state index contributed by atoms with van der Waals surface area (Å²) < 4.78 is 0. The van der Waals surface area contributed by atoms with Gasteiger partial charge >= 0.3 is 0 Å². The van der Waals surface area contributed by atoms with Crippen molar-refractivity contribution in [1.82, 2.24) is 10.2 Å². The van der Waals surface area contributed by atoms with Crippen molar-refractivity contribution in [3.8, 4) is 0 Å². The summed E-state index contributed by atoms with van der Waals surface area (Å²) in [6, 6.07) is 7.86. The molecule has 162 valence electrons. The summed E-state index contributed by atoms with van der Waals surface area (Å²) in [6.07, 6.45) is 7.63. The second-order valence-electron chi connectivity index (χ2n) is 10.0. The number of carbonyl (C=O) groups excluding carboxylic acids is 2. The van der Waals surface area contributed by atoms with E-state index in [1.54, 1.807) is 0 Å². The van der Waals surface area contributed by atoms with E-state index in [1.165, 1.54) is 19.3 Å². The molecule has 1 aliphatic heterocycles. The Morgan fingerprint density at radius 3 is 2.17 bits per heavy atom. The fourth-order valence-corrected chi connectivity index (χ4v) is 7.18. The first kappa shape index (κ1) is 20.2. The molecule has 6 heteroatoms. The maximum atomic E-state index is 13.0. The van der Waals surface area contributed by atoms with Crippen LogP contribution in [0.25, 0.3) is 0 Å². The van der Waals surface area contributed by atoms with Gasteiger partial charge in [-0.15, -0.1) is 0 Å². The molecule has 2 amide bonds. The van der Waals surface area contributed by atoms with Crippen molar-refractivity contribution >= 4 is 29.1 Å². The molecule has 0 radical (unpaired) electrons. The molecule has 5 nitrogen and oxygen atoms in total. The molecule has 5 aliphatic rings. The molecule has 4 saturated carbocycles. The maximum absolute atomic E-state index is 13.0. The van der Waals surface area contributed by atoms with Crippen molar-refractivity contribution in [3.63, 3.8) is 0 Å². The highest BCUT2D eigenvalue weighted by Gasteiger charge is 2.54. The first-order valence-corrected chi connectivity index (χ1v) is 12.0. The van der Waals surface area contributed by atoms with Crippen LogP contribution in [0.1, 0.15) is 44.9 Å². The van der Waals surface area contributed by atoms with Crippen LogP contribution >= 0.6 is 11.6 Å². The Kier molecular flexibility index (Phi) is 5.42. The van der Waals surface area contributed by atoms with E-state index in [-0.39, 0.29) is 17.2 Å². The zero-order chi connectivity index (χ0) is 20.7. The van der Waals surface area contributed by atoms with Gasteiger partial charge in [0.1, 0.15) is 0 Å². The van der Waals surface area contributed by atoms with E-state index in [9.17, 15) is 9.59 Å². The molecule has 5 fully saturated rings. The van der Waals surface area contributed by atoms with Crippen LogP contribution in [0.2, 0.25) is 5.02 Å². The topological polar surface area (TPSA) is 52.7 Å². The largest absolute Gasteiger partial charge is 0.367 e. The van der Waals surface area contributed by atoms with Gasteiger partial charge in [-0.3, -0.25) is 9.59 Å². The van der Waals surface area contributed by atoms with Gasteiger partial charge in [0.25, 0.3) is 0 Å². The third-order valence-corrected chi connectivity index (χ3v) is 8.29. The molecule has 4 bridgehead atoms. The lowest BCUT2D eigenvalue weighted by Gasteiger charge is -2.55. The number of carbonyl (C=O) groups is 2. The Bertz CT molecular complexity index is 783. The molecule has 0 atom stereocenters. The Labute approximate surface area is 184 Å². The van der Waals surface area contributed by atoms with Crippen molar-refractivity contribution in [2.45, 2.75) is 44.9 Å². The molecule has 1 aromatic rings. The SMILES string of the molecule is O=C(CCNC(=O)C12CC3CC(CC(C3)C1)C2)N1CCN(c2ccccc2Cl)CC1. The summed E-state index contributed by atoms with van der Waals surface area (Å²) in [4.78, 5) is 29.9. The fourth-order valence-electron chi connectivity index (χ4n) is 6.92. The van der Waals surface area contributed by atoms with Crippen molar-refractivity contribution in [3.05, 3.63) is 29.3 Å². The smallest absolute Gasteiger partial charge is 0.226 e. The molecular formula is C24H32ClN3O2. The average molecular weight is 430 g/mol. The molecule has 30 heavy (non-hydrogen) atoms. The summed E-state index contributed by atoms with van der Waals surface area (Å²) in [5.74, 6) is 2.65. The minimum Gasteiger partial charge on any atom is -0.367 e. The number of hydrogen-bond donors (Lipinski definition) is 1. The van der Waals surface area contributed by atoms with E-state index in [2.05, 4.69) is 10.2 Å². The van der Waals surface area contributed by atoms with E-state index >= 15 is 0 Å². The van der Waals surface area contributed by atoms with Gasteiger partial charge in [-0.25, -0.2) is 0 Å². The van der Waals surface area contributed by atoms with E-state index in [4.69, 9.17) is 11.6 Å². The van der Waals surface area contributed by atoms with Crippen LogP contribution in [-0.4, -0.2) is 49.4 Å². The highest BCUT2D eigenvalue weighted by atomic mass is 35.5. The molecular weight excluding hydrogens is 398 g/mol. The Balaban J connectivity index is 1.08. The minimum absolute atomic E-state index is 0.127. The zero-order valence-corrected chi connectivity index (χ0v) is 18.4. The number of benzene rings is 1. The number of para-hydroxylation sites is 1. The molecule has 0 spiro atoms. The molecule has 1 saturated heterocycles. The van der Waals surface area contributed by atoms with Gasteiger partial charge in [0.05, 0.1) is 10.7 Å².